The Morgan fingerprint density at radius 2 is 0.677 bits per heavy atom. The minimum absolute atomic E-state index is 0.147. The maximum absolute atomic E-state index is 2.49. The van der Waals surface area contributed by atoms with Gasteiger partial charge >= 0.3 is 0 Å². The highest BCUT2D eigenvalue weighted by molar-refractivity contribution is 5.98. The zero-order chi connectivity index (χ0) is 43.3. The molecule has 0 aromatic heterocycles. The molecule has 0 radical (unpaired) electrons. The molecular formula is C64H45N. The summed E-state index contributed by atoms with van der Waals surface area (Å²) < 4.78 is 0. The minimum Gasteiger partial charge on any atom is -0.310 e. The van der Waals surface area contributed by atoms with E-state index < -0.39 is 5.41 Å². The smallest absolute Gasteiger partial charge is 0.0725 e. The van der Waals surface area contributed by atoms with Crippen molar-refractivity contribution in [3.8, 4) is 66.8 Å². The van der Waals surface area contributed by atoms with E-state index in [0.29, 0.717) is 0 Å². The molecule has 306 valence electrons. The third-order valence-corrected chi connectivity index (χ3v) is 14.7. The first-order valence-electron chi connectivity index (χ1n) is 22.8. The van der Waals surface area contributed by atoms with Gasteiger partial charge in [-0.3, -0.25) is 0 Å². The molecule has 0 bridgehead atoms. The first-order valence-corrected chi connectivity index (χ1v) is 22.8. The van der Waals surface area contributed by atoms with Crippen LogP contribution in [0.25, 0.3) is 66.8 Å². The second kappa shape index (κ2) is 14.3. The highest BCUT2D eigenvalue weighted by atomic mass is 15.1. The van der Waals surface area contributed by atoms with E-state index in [1.807, 2.05) is 0 Å². The average Bonchev–Trinajstić information content (AvgIpc) is 3.93. The molecule has 0 aliphatic heterocycles. The number of hydrogen-bond acceptors (Lipinski definition) is 1. The number of benzene rings is 10. The predicted molar refractivity (Wildman–Crippen MR) is 271 cm³/mol. The molecule has 0 saturated carbocycles. The Balaban J connectivity index is 1.05. The molecule has 10 aromatic carbocycles. The van der Waals surface area contributed by atoms with Crippen LogP contribution in [0, 0.1) is 0 Å². The second-order valence-corrected chi connectivity index (χ2v) is 18.4. The van der Waals surface area contributed by atoms with Gasteiger partial charge in [0.2, 0.25) is 0 Å². The molecule has 0 N–H and O–H groups in total. The predicted octanol–water partition coefficient (Wildman–Crippen LogP) is 16.8. The van der Waals surface area contributed by atoms with Gasteiger partial charge in [0.05, 0.1) is 11.1 Å². The van der Waals surface area contributed by atoms with Gasteiger partial charge in [-0.05, 0) is 137 Å². The molecule has 10 aromatic rings. The van der Waals surface area contributed by atoms with Crippen molar-refractivity contribution in [2.75, 3.05) is 4.90 Å². The third kappa shape index (κ3) is 5.46. The molecule has 3 aliphatic carbocycles. The van der Waals surface area contributed by atoms with E-state index in [9.17, 15) is 0 Å². The lowest BCUT2D eigenvalue weighted by Crippen LogP contribution is -2.25. The van der Waals surface area contributed by atoms with Crippen LogP contribution >= 0.6 is 0 Å². The summed E-state index contributed by atoms with van der Waals surface area (Å²) in [4.78, 5) is 2.49. The van der Waals surface area contributed by atoms with E-state index in [-0.39, 0.29) is 5.41 Å². The van der Waals surface area contributed by atoms with E-state index in [4.69, 9.17) is 0 Å². The summed E-state index contributed by atoms with van der Waals surface area (Å²) >= 11 is 0. The van der Waals surface area contributed by atoms with Crippen molar-refractivity contribution in [1.29, 1.82) is 0 Å². The van der Waals surface area contributed by atoms with Crippen LogP contribution in [0.5, 0.6) is 0 Å². The lowest BCUT2D eigenvalue weighted by Gasteiger charge is -2.31. The van der Waals surface area contributed by atoms with E-state index in [1.54, 1.807) is 0 Å². The van der Waals surface area contributed by atoms with E-state index in [1.165, 1.54) is 100 Å². The molecule has 13 rings (SSSR count). The lowest BCUT2D eigenvalue weighted by molar-refractivity contribution is 0.660. The lowest BCUT2D eigenvalue weighted by atomic mass is 9.70. The van der Waals surface area contributed by atoms with Crippen molar-refractivity contribution >= 4 is 17.1 Å². The maximum atomic E-state index is 2.49. The summed E-state index contributed by atoms with van der Waals surface area (Å²) in [6.45, 7) is 4.74. The number of fused-ring (bicyclic) bond motifs is 13. The molecule has 0 saturated heterocycles. The first-order chi connectivity index (χ1) is 32.0. The first kappa shape index (κ1) is 37.5. The SMILES string of the molecule is CC1(C)c2ccccc2-c2ccc(N(c3ccc(-c4ccccc4)cc3)c3ccc(-c4ccccc4)cc3-c3ccc4c(c3)-c3ccccc3C43c4ccccc4-c4ccccc43)cc21. The monoisotopic (exact) mass is 827 g/mol. The number of hydrogen-bond donors (Lipinski definition) is 0. The zero-order valence-electron chi connectivity index (χ0n) is 36.5. The fourth-order valence-corrected chi connectivity index (χ4v) is 11.7. The molecule has 0 unspecified atom stereocenters. The molecule has 65 heavy (non-hydrogen) atoms. The summed E-state index contributed by atoms with van der Waals surface area (Å²) in [5.41, 5.74) is 26.0. The molecule has 1 spiro atoms. The van der Waals surface area contributed by atoms with Crippen molar-refractivity contribution in [2.45, 2.75) is 24.7 Å². The van der Waals surface area contributed by atoms with Crippen molar-refractivity contribution < 1.29 is 0 Å². The van der Waals surface area contributed by atoms with Crippen molar-refractivity contribution in [1.82, 2.24) is 0 Å². The number of nitrogens with zero attached hydrogens (tertiary/aromatic N) is 1. The number of anilines is 3. The van der Waals surface area contributed by atoms with E-state index >= 15 is 0 Å². The minimum atomic E-state index is -0.395. The van der Waals surface area contributed by atoms with Crippen LogP contribution in [0.2, 0.25) is 0 Å². The highest BCUT2D eigenvalue weighted by Gasteiger charge is 2.51. The average molecular weight is 828 g/mol. The van der Waals surface area contributed by atoms with Gasteiger partial charge in [-0.2, -0.15) is 0 Å². The summed E-state index contributed by atoms with van der Waals surface area (Å²) in [5.74, 6) is 0. The van der Waals surface area contributed by atoms with Gasteiger partial charge in [-0.25, -0.2) is 0 Å². The topological polar surface area (TPSA) is 3.24 Å². The Labute approximate surface area is 381 Å². The quantitative estimate of drug-likeness (QED) is 0.161. The maximum Gasteiger partial charge on any atom is 0.0725 e. The Morgan fingerprint density at radius 3 is 1.29 bits per heavy atom. The van der Waals surface area contributed by atoms with Crippen molar-refractivity contribution in [3.63, 3.8) is 0 Å². The highest BCUT2D eigenvalue weighted by Crippen LogP contribution is 2.63. The van der Waals surface area contributed by atoms with Crippen LogP contribution < -0.4 is 4.90 Å². The van der Waals surface area contributed by atoms with E-state index in [2.05, 4.69) is 255 Å². The molecule has 3 aliphatic rings. The fraction of sp³-hybridized carbons (Fsp3) is 0.0625. The van der Waals surface area contributed by atoms with Gasteiger partial charge in [0, 0.05) is 22.4 Å². The van der Waals surface area contributed by atoms with Crippen LogP contribution in [-0.4, -0.2) is 0 Å². The standard InChI is InChI=1S/C64H45N/c1-63(2)56-25-13-9-21-49(56)53-36-35-48(41-61(53)63)65(47-33-29-44(30-34-47)42-17-5-3-6-18-42)62-38-32-45(43-19-7-4-8-20-43)39-54(62)46-31-37-60-55(40-46)52-24-12-16-28-59(52)64(60)57-26-14-10-22-50(57)51-23-11-15-27-58(51)64/h3-41H,1-2H3. The molecule has 0 atom stereocenters. The fourth-order valence-electron chi connectivity index (χ4n) is 11.7. The zero-order valence-corrected chi connectivity index (χ0v) is 36.5. The van der Waals surface area contributed by atoms with Gasteiger partial charge in [-0.15, -0.1) is 0 Å². The van der Waals surface area contributed by atoms with Crippen molar-refractivity contribution in [3.05, 3.63) is 270 Å². The van der Waals surface area contributed by atoms with Gasteiger partial charge in [-0.1, -0.05) is 208 Å². The molecule has 1 nitrogen and oxygen atoms in total. The van der Waals surface area contributed by atoms with Crippen molar-refractivity contribution in [2.24, 2.45) is 0 Å². The van der Waals surface area contributed by atoms with E-state index in [0.717, 1.165) is 17.1 Å². The second-order valence-electron chi connectivity index (χ2n) is 18.4. The molecular weight excluding hydrogens is 783 g/mol. The van der Waals surface area contributed by atoms with Gasteiger partial charge in [0.25, 0.3) is 0 Å². The molecule has 1 heteroatoms. The molecule has 0 heterocycles. The Kier molecular flexibility index (Phi) is 8.24. The largest absolute Gasteiger partial charge is 0.310 e. The van der Waals surface area contributed by atoms with Crippen LogP contribution in [0.3, 0.4) is 0 Å². The Hall–Kier alpha value is -8.00. The van der Waals surface area contributed by atoms with Crippen LogP contribution in [0.1, 0.15) is 47.2 Å². The van der Waals surface area contributed by atoms with Crippen LogP contribution in [0.4, 0.5) is 17.1 Å². The van der Waals surface area contributed by atoms with Gasteiger partial charge in [0.15, 0.2) is 0 Å². The molecule has 0 fully saturated rings. The summed E-state index contributed by atoms with van der Waals surface area (Å²) in [7, 11) is 0. The van der Waals surface area contributed by atoms with Crippen LogP contribution in [0.15, 0.2) is 237 Å². The van der Waals surface area contributed by atoms with Gasteiger partial charge in [0.1, 0.15) is 0 Å². The van der Waals surface area contributed by atoms with Crippen LogP contribution in [-0.2, 0) is 10.8 Å². The Morgan fingerprint density at radius 1 is 0.262 bits per heavy atom. The summed E-state index contributed by atoms with van der Waals surface area (Å²) in [6.07, 6.45) is 0. The third-order valence-electron chi connectivity index (χ3n) is 14.7. The van der Waals surface area contributed by atoms with Gasteiger partial charge < -0.3 is 4.90 Å². The number of rotatable bonds is 6. The summed E-state index contributed by atoms with van der Waals surface area (Å²) in [5, 5.41) is 0. The summed E-state index contributed by atoms with van der Waals surface area (Å²) in [6, 6.07) is 88.3. The Bertz CT molecular complexity index is 3460. The molecule has 0 amide bonds. The normalized spacial score (nSPS) is 13.9.